The molecule has 2 rings (SSSR count). The number of carboxylic acids is 1. The zero-order valence-electron chi connectivity index (χ0n) is 11.0. The van der Waals surface area contributed by atoms with Crippen LogP contribution in [0, 0.1) is 6.92 Å². The van der Waals surface area contributed by atoms with Crippen LogP contribution < -0.4 is 5.32 Å². The zero-order valence-corrected chi connectivity index (χ0v) is 11.8. The Bertz CT molecular complexity index is 577. The number of carbonyl (C=O) groups is 1. The van der Waals surface area contributed by atoms with E-state index in [1.54, 1.807) is 29.5 Å². The van der Waals surface area contributed by atoms with E-state index in [2.05, 4.69) is 31.3 Å². The van der Waals surface area contributed by atoms with Crippen molar-refractivity contribution in [1.29, 1.82) is 0 Å². The Morgan fingerprint density at radius 3 is 2.79 bits per heavy atom. The van der Waals surface area contributed by atoms with Gasteiger partial charge in [-0.2, -0.15) is 0 Å². The molecular formula is C15H17NO2S. The standard InChI is InChI=1S/C15H17NO2S/c1-10-6-7-14(19-10)11(2)16-9-12-4-3-5-13(8-12)15(17)18/h3-8,11,16H,9H2,1-2H3,(H,17,18). The van der Waals surface area contributed by atoms with E-state index in [4.69, 9.17) is 5.11 Å². The van der Waals surface area contributed by atoms with Gasteiger partial charge in [0.2, 0.25) is 0 Å². The first-order chi connectivity index (χ1) is 9.06. The lowest BCUT2D eigenvalue weighted by Crippen LogP contribution is -2.17. The monoisotopic (exact) mass is 275 g/mol. The second kappa shape index (κ2) is 5.99. The molecule has 2 aromatic rings. The van der Waals surface area contributed by atoms with Gasteiger partial charge >= 0.3 is 5.97 Å². The summed E-state index contributed by atoms with van der Waals surface area (Å²) in [6.07, 6.45) is 0. The van der Waals surface area contributed by atoms with Gasteiger partial charge in [0.05, 0.1) is 5.56 Å². The van der Waals surface area contributed by atoms with Crippen LogP contribution in [0.5, 0.6) is 0 Å². The molecule has 0 fully saturated rings. The van der Waals surface area contributed by atoms with E-state index in [-0.39, 0.29) is 6.04 Å². The molecule has 19 heavy (non-hydrogen) atoms. The predicted octanol–water partition coefficient (Wildman–Crippen LogP) is 3.61. The van der Waals surface area contributed by atoms with E-state index in [9.17, 15) is 4.79 Å². The van der Waals surface area contributed by atoms with Gasteiger partial charge < -0.3 is 10.4 Å². The van der Waals surface area contributed by atoms with Crippen molar-refractivity contribution in [1.82, 2.24) is 5.32 Å². The Morgan fingerprint density at radius 2 is 2.16 bits per heavy atom. The van der Waals surface area contributed by atoms with E-state index in [1.807, 2.05) is 6.07 Å². The summed E-state index contributed by atoms with van der Waals surface area (Å²) in [5, 5.41) is 12.4. The molecule has 0 aliphatic heterocycles. The molecule has 100 valence electrons. The number of thiophene rings is 1. The Balaban J connectivity index is 1.98. The summed E-state index contributed by atoms with van der Waals surface area (Å²) < 4.78 is 0. The van der Waals surface area contributed by atoms with Crippen molar-refractivity contribution < 1.29 is 9.90 Å². The van der Waals surface area contributed by atoms with Crippen molar-refractivity contribution >= 4 is 17.3 Å². The molecule has 0 radical (unpaired) electrons. The third-order valence-corrected chi connectivity index (χ3v) is 4.16. The first kappa shape index (κ1) is 13.8. The largest absolute Gasteiger partial charge is 0.478 e. The van der Waals surface area contributed by atoms with Gasteiger partial charge in [-0.15, -0.1) is 11.3 Å². The molecule has 0 aliphatic carbocycles. The lowest BCUT2D eigenvalue weighted by atomic mass is 10.1. The highest BCUT2D eigenvalue weighted by Crippen LogP contribution is 2.22. The molecular weight excluding hydrogens is 258 g/mol. The van der Waals surface area contributed by atoms with Crippen LogP contribution in [0.25, 0.3) is 0 Å². The third kappa shape index (κ3) is 3.66. The Kier molecular flexibility index (Phi) is 4.35. The molecule has 0 amide bonds. The van der Waals surface area contributed by atoms with Crippen LogP contribution in [0.15, 0.2) is 36.4 Å². The normalized spacial score (nSPS) is 12.3. The second-order valence-electron chi connectivity index (χ2n) is 4.56. The number of carboxylic acid groups (broad SMARTS) is 1. The van der Waals surface area contributed by atoms with Gasteiger partial charge in [-0.3, -0.25) is 0 Å². The number of hydrogen-bond donors (Lipinski definition) is 2. The summed E-state index contributed by atoms with van der Waals surface area (Å²) >= 11 is 1.78. The maximum Gasteiger partial charge on any atom is 0.335 e. The van der Waals surface area contributed by atoms with Crippen molar-refractivity contribution in [3.63, 3.8) is 0 Å². The van der Waals surface area contributed by atoms with Gasteiger partial charge in [0.15, 0.2) is 0 Å². The van der Waals surface area contributed by atoms with Crippen LogP contribution in [0.3, 0.4) is 0 Å². The predicted molar refractivity (Wildman–Crippen MR) is 77.7 cm³/mol. The molecule has 0 saturated heterocycles. The summed E-state index contributed by atoms with van der Waals surface area (Å²) in [6.45, 7) is 4.88. The Hall–Kier alpha value is -1.65. The highest BCUT2D eigenvalue weighted by molar-refractivity contribution is 7.12. The molecule has 0 bridgehead atoms. The number of rotatable bonds is 5. The molecule has 3 nitrogen and oxygen atoms in total. The molecule has 2 N–H and O–H groups in total. The topological polar surface area (TPSA) is 49.3 Å². The first-order valence-electron chi connectivity index (χ1n) is 6.18. The molecule has 0 spiro atoms. The van der Waals surface area contributed by atoms with E-state index in [1.165, 1.54) is 9.75 Å². The smallest absolute Gasteiger partial charge is 0.335 e. The van der Waals surface area contributed by atoms with Gasteiger partial charge in [0.1, 0.15) is 0 Å². The van der Waals surface area contributed by atoms with Gasteiger partial charge in [-0.25, -0.2) is 4.79 Å². The molecule has 1 aromatic carbocycles. The Labute approximate surface area is 116 Å². The summed E-state index contributed by atoms with van der Waals surface area (Å²) in [5.74, 6) is -0.885. The summed E-state index contributed by atoms with van der Waals surface area (Å²) in [4.78, 5) is 13.5. The number of benzene rings is 1. The van der Waals surface area contributed by atoms with Crippen LogP contribution in [0.4, 0.5) is 0 Å². The van der Waals surface area contributed by atoms with Crippen molar-refractivity contribution in [2.75, 3.05) is 0 Å². The number of aryl methyl sites for hydroxylation is 1. The number of hydrogen-bond acceptors (Lipinski definition) is 3. The average molecular weight is 275 g/mol. The van der Waals surface area contributed by atoms with Crippen LogP contribution in [-0.2, 0) is 6.54 Å². The van der Waals surface area contributed by atoms with Crippen LogP contribution in [0.1, 0.15) is 38.6 Å². The van der Waals surface area contributed by atoms with Crippen LogP contribution in [-0.4, -0.2) is 11.1 Å². The van der Waals surface area contributed by atoms with Gasteiger partial charge in [-0.05, 0) is 43.7 Å². The number of aromatic carboxylic acids is 1. The molecule has 1 atom stereocenters. The minimum absolute atomic E-state index is 0.271. The minimum atomic E-state index is -0.885. The lowest BCUT2D eigenvalue weighted by Gasteiger charge is -2.12. The SMILES string of the molecule is Cc1ccc(C(C)NCc2cccc(C(=O)O)c2)s1. The molecule has 0 saturated carbocycles. The molecule has 4 heteroatoms. The molecule has 1 heterocycles. The van der Waals surface area contributed by atoms with E-state index >= 15 is 0 Å². The first-order valence-corrected chi connectivity index (χ1v) is 7.00. The summed E-state index contributed by atoms with van der Waals surface area (Å²) in [6, 6.07) is 11.5. The molecule has 1 aromatic heterocycles. The Morgan fingerprint density at radius 1 is 1.37 bits per heavy atom. The number of nitrogens with one attached hydrogen (secondary N) is 1. The fraction of sp³-hybridized carbons (Fsp3) is 0.267. The van der Waals surface area contributed by atoms with Crippen molar-refractivity contribution in [2.45, 2.75) is 26.4 Å². The van der Waals surface area contributed by atoms with Crippen LogP contribution in [0.2, 0.25) is 0 Å². The minimum Gasteiger partial charge on any atom is -0.478 e. The van der Waals surface area contributed by atoms with Crippen molar-refractivity contribution in [3.8, 4) is 0 Å². The maximum atomic E-state index is 10.9. The summed E-state index contributed by atoms with van der Waals surface area (Å²) in [7, 11) is 0. The van der Waals surface area contributed by atoms with Gasteiger partial charge in [0, 0.05) is 22.3 Å². The van der Waals surface area contributed by atoms with E-state index in [0.29, 0.717) is 12.1 Å². The third-order valence-electron chi connectivity index (χ3n) is 2.97. The molecule has 0 aliphatic rings. The van der Waals surface area contributed by atoms with Gasteiger partial charge in [-0.1, -0.05) is 12.1 Å². The summed E-state index contributed by atoms with van der Waals surface area (Å²) in [5.41, 5.74) is 1.32. The van der Waals surface area contributed by atoms with E-state index in [0.717, 1.165) is 5.56 Å². The van der Waals surface area contributed by atoms with Crippen molar-refractivity contribution in [3.05, 3.63) is 57.3 Å². The van der Waals surface area contributed by atoms with Gasteiger partial charge in [0.25, 0.3) is 0 Å². The highest BCUT2D eigenvalue weighted by atomic mass is 32.1. The quantitative estimate of drug-likeness (QED) is 0.876. The fourth-order valence-corrected chi connectivity index (χ4v) is 2.78. The average Bonchev–Trinajstić information content (AvgIpc) is 2.83. The lowest BCUT2D eigenvalue weighted by molar-refractivity contribution is 0.0696. The zero-order chi connectivity index (χ0) is 13.8. The fourth-order valence-electron chi connectivity index (χ4n) is 1.87. The van der Waals surface area contributed by atoms with E-state index < -0.39 is 5.97 Å². The second-order valence-corrected chi connectivity index (χ2v) is 5.88. The highest BCUT2D eigenvalue weighted by Gasteiger charge is 2.08. The van der Waals surface area contributed by atoms with Crippen molar-refractivity contribution in [2.24, 2.45) is 0 Å². The van der Waals surface area contributed by atoms with Crippen LogP contribution >= 0.6 is 11.3 Å². The maximum absolute atomic E-state index is 10.9. The molecule has 1 unspecified atom stereocenters.